The molecule has 0 fully saturated rings. The van der Waals surface area contributed by atoms with Gasteiger partial charge >= 0.3 is 0 Å². The van der Waals surface area contributed by atoms with E-state index in [-0.39, 0.29) is 18.4 Å². The number of nitrogens with one attached hydrogen (secondary N) is 1. The first-order chi connectivity index (χ1) is 11.2. The number of ether oxygens (including phenoxy) is 1. The summed E-state index contributed by atoms with van der Waals surface area (Å²) in [6.07, 6.45) is 3.14. The largest absolute Gasteiger partial charge is 0.496 e. The lowest BCUT2D eigenvalue weighted by molar-refractivity contribution is -0.119. The summed E-state index contributed by atoms with van der Waals surface area (Å²) in [4.78, 5) is 25.7. The van der Waals surface area contributed by atoms with Crippen molar-refractivity contribution in [3.63, 3.8) is 0 Å². The Morgan fingerprint density at radius 2 is 1.91 bits per heavy atom. The van der Waals surface area contributed by atoms with E-state index >= 15 is 0 Å². The number of anilines is 2. The minimum atomic E-state index is -0.252. The van der Waals surface area contributed by atoms with Gasteiger partial charge in [0.25, 0.3) is 5.91 Å². The van der Waals surface area contributed by atoms with Crippen LogP contribution in [0.1, 0.15) is 5.56 Å². The number of hydrogen-bond donors (Lipinski definition) is 1. The van der Waals surface area contributed by atoms with Crippen LogP contribution in [0.25, 0.3) is 6.08 Å². The first kappa shape index (κ1) is 14.8. The van der Waals surface area contributed by atoms with Crippen LogP contribution < -0.4 is 15.0 Å². The Kier molecular flexibility index (Phi) is 4.10. The molecule has 0 bridgehead atoms. The summed E-state index contributed by atoms with van der Waals surface area (Å²) in [5, 5.41) is 2.76. The number of hydrogen-bond acceptors (Lipinski definition) is 3. The van der Waals surface area contributed by atoms with Crippen molar-refractivity contribution in [3.05, 3.63) is 60.2 Å². The summed E-state index contributed by atoms with van der Waals surface area (Å²) in [5.74, 6) is 0.231. The Morgan fingerprint density at radius 1 is 1.17 bits per heavy atom. The summed E-state index contributed by atoms with van der Waals surface area (Å²) in [5.41, 5.74) is 2.14. The van der Waals surface area contributed by atoms with E-state index in [1.54, 1.807) is 19.3 Å². The van der Waals surface area contributed by atoms with Crippen LogP contribution in [0.3, 0.4) is 0 Å². The molecule has 23 heavy (non-hydrogen) atoms. The van der Waals surface area contributed by atoms with E-state index in [4.69, 9.17) is 4.74 Å². The molecule has 2 amide bonds. The van der Waals surface area contributed by atoms with Crippen LogP contribution in [0.4, 0.5) is 11.4 Å². The first-order valence-electron chi connectivity index (χ1n) is 7.20. The molecule has 0 saturated heterocycles. The number of carbonyl (C=O) groups excluding carboxylic acids is 2. The number of nitrogens with zero attached hydrogens (tertiary/aromatic N) is 1. The van der Waals surface area contributed by atoms with Crippen LogP contribution in [-0.2, 0) is 9.59 Å². The smallest absolute Gasteiger partial charge is 0.251 e. The molecule has 0 unspecified atom stereocenters. The van der Waals surface area contributed by atoms with Crippen LogP contribution in [0, 0.1) is 0 Å². The predicted octanol–water partition coefficient (Wildman–Crippen LogP) is 2.69. The fraction of sp³-hybridized carbons (Fsp3) is 0.111. The lowest BCUT2D eigenvalue weighted by Crippen LogP contribution is -2.41. The number of amides is 2. The third kappa shape index (κ3) is 3.08. The molecule has 3 rings (SSSR count). The topological polar surface area (TPSA) is 58.6 Å². The van der Waals surface area contributed by atoms with Crippen molar-refractivity contribution < 1.29 is 14.3 Å². The van der Waals surface area contributed by atoms with Gasteiger partial charge in [-0.25, -0.2) is 0 Å². The highest BCUT2D eigenvalue weighted by atomic mass is 16.5. The van der Waals surface area contributed by atoms with Gasteiger partial charge in [-0.3, -0.25) is 14.5 Å². The number of methoxy groups -OCH3 is 1. The van der Waals surface area contributed by atoms with Crippen LogP contribution >= 0.6 is 0 Å². The average Bonchev–Trinajstić information content (AvgIpc) is 2.59. The Balaban J connectivity index is 1.86. The van der Waals surface area contributed by atoms with Gasteiger partial charge < -0.3 is 10.1 Å². The fourth-order valence-electron chi connectivity index (χ4n) is 2.49. The molecule has 1 N–H and O–H groups in total. The zero-order valence-corrected chi connectivity index (χ0v) is 12.7. The second-order valence-corrected chi connectivity index (χ2v) is 5.06. The molecule has 116 valence electrons. The average molecular weight is 308 g/mol. The number of benzene rings is 2. The van der Waals surface area contributed by atoms with Gasteiger partial charge in [0.2, 0.25) is 5.91 Å². The number of carbonyl (C=O) groups is 2. The van der Waals surface area contributed by atoms with Gasteiger partial charge in [-0.2, -0.15) is 0 Å². The fourth-order valence-corrected chi connectivity index (χ4v) is 2.49. The molecule has 5 heteroatoms. The van der Waals surface area contributed by atoms with Crippen LogP contribution in [0.2, 0.25) is 0 Å². The molecular formula is C18H16N2O3. The molecule has 2 aromatic rings. The zero-order chi connectivity index (χ0) is 16.2. The van der Waals surface area contributed by atoms with Gasteiger partial charge in [0.1, 0.15) is 12.3 Å². The van der Waals surface area contributed by atoms with Gasteiger partial charge in [-0.1, -0.05) is 30.3 Å². The maximum Gasteiger partial charge on any atom is 0.251 e. The Morgan fingerprint density at radius 3 is 2.74 bits per heavy atom. The molecule has 0 aliphatic carbocycles. The minimum absolute atomic E-state index is 0.00606. The lowest BCUT2D eigenvalue weighted by Gasteiger charge is -2.28. The Labute approximate surface area is 134 Å². The molecule has 1 aliphatic rings. The summed E-state index contributed by atoms with van der Waals surface area (Å²) in [6.45, 7) is 0.00606. The van der Waals surface area contributed by atoms with Gasteiger partial charge in [0.15, 0.2) is 0 Å². The normalized spacial score (nSPS) is 13.6. The van der Waals surface area contributed by atoms with Crippen LogP contribution in [0.15, 0.2) is 54.6 Å². The molecular weight excluding hydrogens is 292 g/mol. The summed E-state index contributed by atoms with van der Waals surface area (Å²) >= 11 is 0. The van der Waals surface area contributed by atoms with Crippen molar-refractivity contribution in [2.45, 2.75) is 0 Å². The van der Waals surface area contributed by atoms with Crippen molar-refractivity contribution in [1.82, 2.24) is 0 Å². The minimum Gasteiger partial charge on any atom is -0.496 e. The highest BCUT2D eigenvalue weighted by Crippen LogP contribution is 2.29. The maximum absolute atomic E-state index is 12.5. The third-order valence-corrected chi connectivity index (χ3v) is 3.58. The van der Waals surface area contributed by atoms with Crippen molar-refractivity contribution >= 4 is 29.3 Å². The molecule has 0 atom stereocenters. The van der Waals surface area contributed by atoms with Crippen molar-refractivity contribution in [3.8, 4) is 5.75 Å². The molecule has 2 aromatic carbocycles. The van der Waals surface area contributed by atoms with E-state index in [2.05, 4.69) is 5.32 Å². The monoisotopic (exact) mass is 308 g/mol. The van der Waals surface area contributed by atoms with Gasteiger partial charge in [0, 0.05) is 11.6 Å². The quantitative estimate of drug-likeness (QED) is 0.887. The summed E-state index contributed by atoms with van der Waals surface area (Å²) in [7, 11) is 1.58. The lowest BCUT2D eigenvalue weighted by atomic mass is 10.1. The highest BCUT2D eigenvalue weighted by molar-refractivity contribution is 6.13. The van der Waals surface area contributed by atoms with E-state index in [0.717, 1.165) is 5.56 Å². The first-order valence-corrected chi connectivity index (χ1v) is 7.20. The molecule has 0 spiro atoms. The SMILES string of the molecule is COc1ccccc1/C=C/C(=O)N1CC(=O)Nc2ccccc21. The molecule has 0 aromatic heterocycles. The standard InChI is InChI=1S/C18H16N2O3/c1-23-16-9-5-2-6-13(16)10-11-18(22)20-12-17(21)19-14-7-3-4-8-15(14)20/h2-11H,12H2,1H3,(H,19,21)/b11-10+. The zero-order valence-electron chi connectivity index (χ0n) is 12.7. The van der Waals surface area contributed by atoms with Gasteiger partial charge in [0.05, 0.1) is 18.5 Å². The van der Waals surface area contributed by atoms with E-state index in [1.807, 2.05) is 42.5 Å². The molecule has 1 heterocycles. The molecule has 0 radical (unpaired) electrons. The van der Waals surface area contributed by atoms with E-state index in [1.165, 1.54) is 11.0 Å². The number of rotatable bonds is 3. The Hall–Kier alpha value is -3.08. The van der Waals surface area contributed by atoms with E-state index < -0.39 is 0 Å². The van der Waals surface area contributed by atoms with Crippen molar-refractivity contribution in [2.24, 2.45) is 0 Å². The van der Waals surface area contributed by atoms with Gasteiger partial charge in [-0.05, 0) is 24.3 Å². The van der Waals surface area contributed by atoms with Gasteiger partial charge in [-0.15, -0.1) is 0 Å². The van der Waals surface area contributed by atoms with E-state index in [0.29, 0.717) is 17.1 Å². The molecule has 1 aliphatic heterocycles. The van der Waals surface area contributed by atoms with Crippen molar-refractivity contribution in [1.29, 1.82) is 0 Å². The van der Waals surface area contributed by atoms with Crippen LogP contribution in [-0.4, -0.2) is 25.5 Å². The predicted molar refractivity (Wildman–Crippen MR) is 89.5 cm³/mol. The molecule has 5 nitrogen and oxygen atoms in total. The van der Waals surface area contributed by atoms with Crippen molar-refractivity contribution in [2.75, 3.05) is 23.9 Å². The Bertz CT molecular complexity index is 783. The summed E-state index contributed by atoms with van der Waals surface area (Å²) in [6, 6.07) is 14.7. The van der Waals surface area contributed by atoms with E-state index in [9.17, 15) is 9.59 Å². The number of fused-ring (bicyclic) bond motifs is 1. The van der Waals surface area contributed by atoms with Crippen LogP contribution in [0.5, 0.6) is 5.75 Å². The third-order valence-electron chi connectivity index (χ3n) is 3.58. The second kappa shape index (κ2) is 6.36. The second-order valence-electron chi connectivity index (χ2n) is 5.06. The number of para-hydroxylation sites is 3. The maximum atomic E-state index is 12.5. The molecule has 0 saturated carbocycles. The summed E-state index contributed by atoms with van der Waals surface area (Å²) < 4.78 is 5.26. The highest BCUT2D eigenvalue weighted by Gasteiger charge is 2.25.